The van der Waals surface area contributed by atoms with Gasteiger partial charge < -0.3 is 4.74 Å². The summed E-state index contributed by atoms with van der Waals surface area (Å²) in [7, 11) is -1.10. The predicted octanol–water partition coefficient (Wildman–Crippen LogP) is 1.88. The minimum absolute atomic E-state index is 0.212. The Morgan fingerprint density at radius 1 is 1.00 bits per heavy atom. The molecule has 0 saturated heterocycles. The number of ether oxygens (including phenoxy) is 1. The van der Waals surface area contributed by atoms with Crippen LogP contribution in [-0.4, -0.2) is 28.9 Å². The molecule has 0 heterocycles. The summed E-state index contributed by atoms with van der Waals surface area (Å²) in [5.41, 5.74) is 7.17. The highest BCUT2D eigenvalue weighted by Crippen LogP contribution is 2.16. The summed E-state index contributed by atoms with van der Waals surface area (Å²) in [5.74, 6) is -0.349. The molecule has 0 bridgehead atoms. The normalized spacial score (nSPS) is 11.5. The molecule has 1 atom stereocenters. The zero-order valence-electron chi connectivity index (χ0n) is 14.3. The van der Waals surface area contributed by atoms with E-state index in [1.54, 1.807) is 36.6 Å². The third kappa shape index (κ3) is 5.42. The molecule has 0 spiro atoms. The number of carbonyl (C=O) groups excluding carboxylic acids is 2. The smallest absolute Gasteiger partial charge is 0.276 e. The number of benzene rings is 2. The Morgan fingerprint density at radius 3 is 2.28 bits per heavy atom. The zero-order chi connectivity index (χ0) is 18.4. The monoisotopic (exact) mass is 360 g/mol. The summed E-state index contributed by atoms with van der Waals surface area (Å²) < 4.78 is 16.7. The fourth-order valence-electron chi connectivity index (χ4n) is 1.99. The summed E-state index contributed by atoms with van der Waals surface area (Å²) in [6.07, 6.45) is 1.56. The molecule has 0 aliphatic carbocycles. The summed E-state index contributed by atoms with van der Waals surface area (Å²) in [6.45, 7) is 3.74. The molecule has 25 heavy (non-hydrogen) atoms. The SMILES string of the molecule is Cc1ccc(OCC(=O)NNC(=O)c2ccc([S@](C)=O)cc2)cc1C. The molecule has 0 aliphatic rings. The van der Waals surface area contributed by atoms with Crippen LogP contribution in [0.3, 0.4) is 0 Å². The topological polar surface area (TPSA) is 84.5 Å². The molecule has 0 radical (unpaired) electrons. The Hall–Kier alpha value is -2.67. The van der Waals surface area contributed by atoms with Gasteiger partial charge in [0.1, 0.15) is 5.75 Å². The molecule has 0 unspecified atom stereocenters. The van der Waals surface area contributed by atoms with Gasteiger partial charge in [0.15, 0.2) is 6.61 Å². The second kappa shape index (κ2) is 8.43. The molecule has 0 fully saturated rings. The summed E-state index contributed by atoms with van der Waals surface area (Å²) in [4.78, 5) is 24.3. The molecule has 132 valence electrons. The van der Waals surface area contributed by atoms with Gasteiger partial charge in [-0.1, -0.05) is 6.07 Å². The van der Waals surface area contributed by atoms with Crippen molar-refractivity contribution in [3.05, 3.63) is 59.2 Å². The Kier molecular flexibility index (Phi) is 6.30. The van der Waals surface area contributed by atoms with Gasteiger partial charge in [-0.3, -0.25) is 24.6 Å². The average molecular weight is 360 g/mol. The van der Waals surface area contributed by atoms with Crippen molar-refractivity contribution in [3.63, 3.8) is 0 Å². The van der Waals surface area contributed by atoms with E-state index in [0.29, 0.717) is 16.2 Å². The second-order valence-corrected chi connectivity index (χ2v) is 6.90. The van der Waals surface area contributed by atoms with Gasteiger partial charge in [0.2, 0.25) is 0 Å². The van der Waals surface area contributed by atoms with Crippen molar-refractivity contribution in [2.75, 3.05) is 12.9 Å². The fraction of sp³-hybridized carbons (Fsp3) is 0.222. The molecule has 2 amide bonds. The third-order valence-corrected chi connectivity index (χ3v) is 4.55. The number of hydrazine groups is 1. The number of nitrogens with one attached hydrogen (secondary N) is 2. The summed E-state index contributed by atoms with van der Waals surface area (Å²) in [5, 5.41) is 0. The van der Waals surface area contributed by atoms with E-state index in [1.807, 2.05) is 26.0 Å². The van der Waals surface area contributed by atoms with Crippen LogP contribution in [0, 0.1) is 13.8 Å². The standard InChI is InChI=1S/C18H20N2O4S/c1-12-4-7-15(10-13(12)2)24-11-17(21)19-20-18(22)14-5-8-16(9-6-14)25(3)23/h4-10H,11H2,1-3H3,(H,19,21)(H,20,22)/t25-/m0/s1. The Balaban J connectivity index is 1.81. The van der Waals surface area contributed by atoms with Gasteiger partial charge in [0.25, 0.3) is 11.8 Å². The maximum absolute atomic E-state index is 11.9. The highest BCUT2D eigenvalue weighted by molar-refractivity contribution is 7.84. The van der Waals surface area contributed by atoms with Crippen molar-refractivity contribution in [1.82, 2.24) is 10.9 Å². The number of carbonyl (C=O) groups is 2. The molecule has 7 heteroatoms. The lowest BCUT2D eigenvalue weighted by atomic mass is 10.1. The minimum atomic E-state index is -1.10. The van der Waals surface area contributed by atoms with Crippen LogP contribution in [0.5, 0.6) is 5.75 Å². The van der Waals surface area contributed by atoms with E-state index < -0.39 is 22.6 Å². The van der Waals surface area contributed by atoms with Crippen LogP contribution < -0.4 is 15.6 Å². The Labute approximate surface area is 149 Å². The highest BCUT2D eigenvalue weighted by Gasteiger charge is 2.09. The lowest BCUT2D eigenvalue weighted by Gasteiger charge is -2.10. The van der Waals surface area contributed by atoms with Crippen LogP contribution in [-0.2, 0) is 15.6 Å². The Bertz CT molecular complexity index is 803. The van der Waals surface area contributed by atoms with E-state index in [4.69, 9.17) is 4.74 Å². The largest absolute Gasteiger partial charge is 0.484 e. The molecular weight excluding hydrogens is 340 g/mol. The number of hydrogen-bond acceptors (Lipinski definition) is 4. The van der Waals surface area contributed by atoms with Crippen LogP contribution in [0.25, 0.3) is 0 Å². The molecule has 2 aromatic carbocycles. The van der Waals surface area contributed by atoms with E-state index in [1.165, 1.54) is 0 Å². The molecule has 2 rings (SSSR count). The maximum atomic E-state index is 11.9. The first-order valence-corrected chi connectivity index (χ1v) is 9.15. The number of rotatable bonds is 5. The molecule has 6 nitrogen and oxygen atoms in total. The van der Waals surface area contributed by atoms with E-state index in [2.05, 4.69) is 10.9 Å². The minimum Gasteiger partial charge on any atom is -0.484 e. The summed E-state index contributed by atoms with van der Waals surface area (Å²) in [6, 6.07) is 11.9. The van der Waals surface area contributed by atoms with Crippen LogP contribution in [0.2, 0.25) is 0 Å². The number of amides is 2. The third-order valence-electron chi connectivity index (χ3n) is 3.61. The van der Waals surface area contributed by atoms with Gasteiger partial charge in [0, 0.05) is 27.5 Å². The van der Waals surface area contributed by atoms with Crippen molar-refractivity contribution in [2.24, 2.45) is 0 Å². The molecule has 0 aromatic heterocycles. The first-order chi connectivity index (χ1) is 11.9. The van der Waals surface area contributed by atoms with Crippen LogP contribution in [0.4, 0.5) is 0 Å². The van der Waals surface area contributed by atoms with E-state index in [0.717, 1.165) is 11.1 Å². The van der Waals surface area contributed by atoms with Gasteiger partial charge in [-0.05, 0) is 61.4 Å². The molecule has 2 N–H and O–H groups in total. The lowest BCUT2D eigenvalue weighted by molar-refractivity contribution is -0.123. The van der Waals surface area contributed by atoms with Gasteiger partial charge in [-0.2, -0.15) is 0 Å². The zero-order valence-corrected chi connectivity index (χ0v) is 15.1. The van der Waals surface area contributed by atoms with Crippen LogP contribution >= 0.6 is 0 Å². The highest BCUT2D eigenvalue weighted by atomic mass is 32.2. The van der Waals surface area contributed by atoms with E-state index in [9.17, 15) is 13.8 Å². The first kappa shape index (κ1) is 18.7. The number of aryl methyl sites for hydroxylation is 2. The van der Waals surface area contributed by atoms with Crippen molar-refractivity contribution in [1.29, 1.82) is 0 Å². The fourth-order valence-corrected chi connectivity index (χ4v) is 2.50. The summed E-state index contributed by atoms with van der Waals surface area (Å²) >= 11 is 0. The van der Waals surface area contributed by atoms with Crippen molar-refractivity contribution in [2.45, 2.75) is 18.7 Å². The molecule has 0 saturated carbocycles. The van der Waals surface area contributed by atoms with E-state index >= 15 is 0 Å². The van der Waals surface area contributed by atoms with E-state index in [-0.39, 0.29) is 6.61 Å². The molecular formula is C18H20N2O4S. The predicted molar refractivity (Wildman–Crippen MR) is 95.8 cm³/mol. The van der Waals surface area contributed by atoms with Crippen molar-refractivity contribution in [3.8, 4) is 5.75 Å². The Morgan fingerprint density at radius 2 is 1.68 bits per heavy atom. The van der Waals surface area contributed by atoms with Gasteiger partial charge in [-0.15, -0.1) is 0 Å². The van der Waals surface area contributed by atoms with Crippen LogP contribution in [0.15, 0.2) is 47.4 Å². The van der Waals surface area contributed by atoms with Gasteiger partial charge in [-0.25, -0.2) is 0 Å². The van der Waals surface area contributed by atoms with Crippen LogP contribution in [0.1, 0.15) is 21.5 Å². The second-order valence-electron chi connectivity index (χ2n) is 5.52. The molecule has 2 aromatic rings. The first-order valence-electron chi connectivity index (χ1n) is 7.59. The quantitative estimate of drug-likeness (QED) is 0.798. The lowest BCUT2D eigenvalue weighted by Crippen LogP contribution is -2.43. The number of hydrogen-bond donors (Lipinski definition) is 2. The maximum Gasteiger partial charge on any atom is 0.276 e. The van der Waals surface area contributed by atoms with Gasteiger partial charge >= 0.3 is 0 Å². The average Bonchev–Trinajstić information content (AvgIpc) is 2.60. The van der Waals surface area contributed by atoms with Crippen molar-refractivity contribution >= 4 is 22.6 Å². The molecule has 0 aliphatic heterocycles. The van der Waals surface area contributed by atoms with Gasteiger partial charge in [0.05, 0.1) is 0 Å². The van der Waals surface area contributed by atoms with Crippen molar-refractivity contribution < 1.29 is 18.5 Å².